The summed E-state index contributed by atoms with van der Waals surface area (Å²) in [6.45, 7) is 0. The van der Waals surface area contributed by atoms with E-state index in [1.54, 1.807) is 18.3 Å². The lowest BCUT2D eigenvalue weighted by Crippen LogP contribution is -2.05. The van der Waals surface area contributed by atoms with Crippen LogP contribution in [0.2, 0.25) is 5.02 Å². The van der Waals surface area contributed by atoms with Crippen molar-refractivity contribution in [2.75, 3.05) is 10.6 Å². The van der Waals surface area contributed by atoms with Crippen LogP contribution >= 0.6 is 11.6 Å². The van der Waals surface area contributed by atoms with Crippen LogP contribution < -0.4 is 10.6 Å². The molecule has 0 fully saturated rings. The van der Waals surface area contributed by atoms with E-state index in [1.165, 1.54) is 0 Å². The predicted molar refractivity (Wildman–Crippen MR) is 90.0 cm³/mol. The number of anilines is 2. The molecule has 0 radical (unpaired) electrons. The summed E-state index contributed by atoms with van der Waals surface area (Å²) in [6, 6.07) is 13.3. The summed E-state index contributed by atoms with van der Waals surface area (Å²) in [4.78, 5) is 15.2. The highest BCUT2D eigenvalue weighted by molar-refractivity contribution is 6.34. The van der Waals surface area contributed by atoms with Crippen LogP contribution in [0.1, 0.15) is 5.56 Å². The van der Waals surface area contributed by atoms with Gasteiger partial charge in [-0.2, -0.15) is 0 Å². The fourth-order valence-electron chi connectivity index (χ4n) is 2.60. The van der Waals surface area contributed by atoms with Gasteiger partial charge in [-0.05, 0) is 42.5 Å². The Labute approximate surface area is 131 Å². The molecule has 1 aromatic heterocycles. The minimum atomic E-state index is -0.132. The van der Waals surface area contributed by atoms with Crippen molar-refractivity contribution >= 4 is 45.4 Å². The van der Waals surface area contributed by atoms with Crippen molar-refractivity contribution in [3.05, 3.63) is 65.4 Å². The van der Waals surface area contributed by atoms with Crippen LogP contribution in [-0.4, -0.2) is 10.9 Å². The summed E-state index contributed by atoms with van der Waals surface area (Å²) in [5, 5.41) is 7.73. The molecular weight excluding hydrogens is 298 g/mol. The van der Waals surface area contributed by atoms with E-state index < -0.39 is 0 Å². The van der Waals surface area contributed by atoms with E-state index in [9.17, 15) is 4.79 Å². The Morgan fingerprint density at radius 3 is 2.91 bits per heavy atom. The molecule has 0 saturated carbocycles. The first-order chi connectivity index (χ1) is 10.7. The monoisotopic (exact) mass is 309 g/mol. The molecule has 0 unspecified atom stereocenters. The smallest absolute Gasteiger partial charge is 0.257 e. The molecule has 0 spiro atoms. The molecule has 22 heavy (non-hydrogen) atoms. The fraction of sp³-hybridized carbons (Fsp3) is 0. The maximum atomic E-state index is 12.1. The number of carbonyl (C=O) groups is 1. The van der Waals surface area contributed by atoms with E-state index in [0.717, 1.165) is 27.8 Å². The Morgan fingerprint density at radius 2 is 2.00 bits per heavy atom. The van der Waals surface area contributed by atoms with Crippen molar-refractivity contribution in [2.45, 2.75) is 0 Å². The number of nitrogens with one attached hydrogen (secondary N) is 3. The van der Waals surface area contributed by atoms with Crippen LogP contribution in [0.5, 0.6) is 0 Å². The number of H-pyrrole nitrogens is 1. The van der Waals surface area contributed by atoms with Crippen LogP contribution in [0.25, 0.3) is 16.5 Å². The van der Waals surface area contributed by atoms with Crippen molar-refractivity contribution in [2.24, 2.45) is 0 Å². The average molecular weight is 310 g/mol. The van der Waals surface area contributed by atoms with Gasteiger partial charge in [0, 0.05) is 45.3 Å². The topological polar surface area (TPSA) is 56.9 Å². The highest BCUT2D eigenvalue weighted by atomic mass is 35.5. The van der Waals surface area contributed by atoms with Gasteiger partial charge < -0.3 is 15.6 Å². The summed E-state index contributed by atoms with van der Waals surface area (Å²) < 4.78 is 0. The Kier molecular flexibility index (Phi) is 2.91. The van der Waals surface area contributed by atoms with Gasteiger partial charge in [0.2, 0.25) is 0 Å². The number of fused-ring (bicyclic) bond motifs is 2. The Balaban J connectivity index is 1.68. The second-order valence-corrected chi connectivity index (χ2v) is 5.56. The molecule has 3 N–H and O–H groups in total. The Hall–Kier alpha value is -2.72. The molecule has 4 nitrogen and oxygen atoms in total. The molecule has 4 rings (SSSR count). The summed E-state index contributed by atoms with van der Waals surface area (Å²) in [7, 11) is 0. The van der Waals surface area contributed by atoms with Gasteiger partial charge in [0.25, 0.3) is 5.91 Å². The molecule has 3 aromatic rings. The quantitative estimate of drug-likeness (QED) is 0.621. The summed E-state index contributed by atoms with van der Waals surface area (Å²) >= 11 is 6.02. The van der Waals surface area contributed by atoms with E-state index in [4.69, 9.17) is 11.6 Å². The molecule has 1 aliphatic rings. The highest BCUT2D eigenvalue weighted by Gasteiger charge is 2.24. The molecular formula is C17H12ClN3O. The van der Waals surface area contributed by atoms with Gasteiger partial charge in [-0.15, -0.1) is 0 Å². The van der Waals surface area contributed by atoms with Gasteiger partial charge in [0.1, 0.15) is 0 Å². The SMILES string of the molecule is O=C1Nc2ccc(Cl)cc2C1=CNc1ccc2[nH]ccc2c1. The van der Waals surface area contributed by atoms with Crippen molar-refractivity contribution in [1.29, 1.82) is 0 Å². The third-order valence-electron chi connectivity index (χ3n) is 3.70. The molecule has 1 aliphatic heterocycles. The Bertz CT molecular complexity index is 927. The zero-order chi connectivity index (χ0) is 15.1. The Morgan fingerprint density at radius 1 is 1.09 bits per heavy atom. The number of hydrogen-bond acceptors (Lipinski definition) is 2. The average Bonchev–Trinajstić information content (AvgIpc) is 3.08. The van der Waals surface area contributed by atoms with Gasteiger partial charge in [0.05, 0.1) is 5.57 Å². The minimum Gasteiger partial charge on any atom is -0.361 e. The number of aromatic amines is 1. The molecule has 1 amide bonds. The zero-order valence-corrected chi connectivity index (χ0v) is 12.2. The van der Waals surface area contributed by atoms with Crippen LogP contribution in [0.4, 0.5) is 11.4 Å². The fourth-order valence-corrected chi connectivity index (χ4v) is 2.77. The molecule has 0 bridgehead atoms. The van der Waals surface area contributed by atoms with Gasteiger partial charge in [-0.1, -0.05) is 11.6 Å². The molecule has 2 heterocycles. The third kappa shape index (κ3) is 2.14. The number of carbonyl (C=O) groups excluding carboxylic acids is 1. The number of benzene rings is 2. The maximum Gasteiger partial charge on any atom is 0.257 e. The van der Waals surface area contributed by atoms with Gasteiger partial charge in [-0.3, -0.25) is 4.79 Å². The zero-order valence-electron chi connectivity index (χ0n) is 11.5. The van der Waals surface area contributed by atoms with Crippen molar-refractivity contribution in [3.63, 3.8) is 0 Å². The van der Waals surface area contributed by atoms with E-state index in [0.29, 0.717) is 10.6 Å². The van der Waals surface area contributed by atoms with Crippen LogP contribution in [0.15, 0.2) is 54.9 Å². The van der Waals surface area contributed by atoms with E-state index >= 15 is 0 Å². The first-order valence-corrected chi connectivity index (χ1v) is 7.24. The molecule has 0 saturated heterocycles. The first-order valence-electron chi connectivity index (χ1n) is 6.86. The molecule has 2 aromatic carbocycles. The van der Waals surface area contributed by atoms with Crippen LogP contribution in [0.3, 0.4) is 0 Å². The second kappa shape index (κ2) is 4.93. The van der Waals surface area contributed by atoms with Gasteiger partial charge in [-0.25, -0.2) is 0 Å². The van der Waals surface area contributed by atoms with E-state index in [-0.39, 0.29) is 5.91 Å². The van der Waals surface area contributed by atoms with Crippen LogP contribution in [-0.2, 0) is 4.79 Å². The summed E-state index contributed by atoms with van der Waals surface area (Å²) in [5.41, 5.74) is 4.17. The van der Waals surface area contributed by atoms with Crippen LogP contribution in [0, 0.1) is 0 Å². The number of aromatic nitrogens is 1. The normalized spacial score (nSPS) is 15.1. The first kappa shape index (κ1) is 13.0. The summed E-state index contributed by atoms with van der Waals surface area (Å²) in [5.74, 6) is -0.132. The molecule has 108 valence electrons. The largest absolute Gasteiger partial charge is 0.361 e. The lowest BCUT2D eigenvalue weighted by Gasteiger charge is -2.03. The van der Waals surface area contributed by atoms with Gasteiger partial charge >= 0.3 is 0 Å². The predicted octanol–water partition coefficient (Wildman–Crippen LogP) is 4.23. The third-order valence-corrected chi connectivity index (χ3v) is 3.94. The highest BCUT2D eigenvalue weighted by Crippen LogP contribution is 2.33. The molecule has 0 atom stereocenters. The number of halogens is 1. The lowest BCUT2D eigenvalue weighted by molar-refractivity contribution is -0.110. The molecule has 5 heteroatoms. The van der Waals surface area contributed by atoms with Crippen molar-refractivity contribution < 1.29 is 4.79 Å². The van der Waals surface area contributed by atoms with Gasteiger partial charge in [0.15, 0.2) is 0 Å². The van der Waals surface area contributed by atoms with Crippen molar-refractivity contribution in [3.8, 4) is 0 Å². The standard InChI is InChI=1S/C17H12ClN3O/c18-11-1-3-16-13(8-11)14(17(22)21-16)9-20-12-2-4-15-10(7-12)5-6-19-15/h1-9,19-20H,(H,21,22). The summed E-state index contributed by atoms with van der Waals surface area (Å²) in [6.07, 6.45) is 3.61. The second-order valence-electron chi connectivity index (χ2n) is 5.13. The maximum absolute atomic E-state index is 12.1. The number of amides is 1. The minimum absolute atomic E-state index is 0.132. The molecule has 0 aliphatic carbocycles. The van der Waals surface area contributed by atoms with E-state index in [1.807, 2.05) is 36.5 Å². The number of hydrogen-bond donors (Lipinski definition) is 3. The lowest BCUT2D eigenvalue weighted by atomic mass is 10.1. The van der Waals surface area contributed by atoms with Crippen molar-refractivity contribution in [1.82, 2.24) is 4.98 Å². The van der Waals surface area contributed by atoms with E-state index in [2.05, 4.69) is 15.6 Å². The number of rotatable bonds is 2.